The van der Waals surface area contributed by atoms with Crippen molar-refractivity contribution in [3.05, 3.63) is 0 Å². The molecule has 0 aromatic carbocycles. The zero-order valence-electron chi connectivity index (χ0n) is 12.9. The molecule has 0 N–H and O–H groups in total. The smallest absolute Gasteiger partial charge is 0.0839 e. The van der Waals surface area contributed by atoms with E-state index >= 15 is 0 Å². The number of hydrogen-bond donors (Lipinski definition) is 0. The molecule has 3 unspecified atom stereocenters. The molecule has 1 rings (SSSR count). The van der Waals surface area contributed by atoms with Gasteiger partial charge in [-0.25, -0.2) is 0 Å². The van der Waals surface area contributed by atoms with Crippen LogP contribution in [-0.2, 0) is 4.74 Å². The van der Waals surface area contributed by atoms with Gasteiger partial charge >= 0.3 is 0 Å². The molecule has 1 fully saturated rings. The summed E-state index contributed by atoms with van der Waals surface area (Å²) in [5.74, 6) is 0.904. The molecule has 0 bridgehead atoms. The Bertz CT molecular complexity index is 190. The molecule has 1 aliphatic rings. The summed E-state index contributed by atoms with van der Waals surface area (Å²) < 4.78 is 5.46. The van der Waals surface area contributed by atoms with Crippen molar-refractivity contribution >= 4 is 0 Å². The van der Waals surface area contributed by atoms with Gasteiger partial charge in [0.1, 0.15) is 0 Å². The fourth-order valence-corrected chi connectivity index (χ4v) is 2.75. The van der Waals surface area contributed by atoms with Gasteiger partial charge < -0.3 is 4.74 Å². The van der Waals surface area contributed by atoms with Gasteiger partial charge in [0.15, 0.2) is 0 Å². The summed E-state index contributed by atoms with van der Waals surface area (Å²) in [6.45, 7) is 6.89. The van der Waals surface area contributed by atoms with E-state index < -0.39 is 0 Å². The maximum Gasteiger partial charge on any atom is 0.0839 e. The third kappa shape index (κ3) is 8.13. The summed E-state index contributed by atoms with van der Waals surface area (Å²) >= 11 is 0. The second-order valence-corrected chi connectivity index (χ2v) is 6.33. The van der Waals surface area contributed by atoms with Crippen LogP contribution in [-0.4, -0.2) is 12.2 Å². The second-order valence-electron chi connectivity index (χ2n) is 6.33. The highest BCUT2D eigenvalue weighted by atomic mass is 16.6. The Labute approximate surface area is 115 Å². The van der Waals surface area contributed by atoms with Crippen LogP contribution >= 0.6 is 0 Å². The first-order valence-electron chi connectivity index (χ1n) is 8.39. The van der Waals surface area contributed by atoms with Crippen molar-refractivity contribution in [1.29, 1.82) is 0 Å². The van der Waals surface area contributed by atoms with Crippen molar-refractivity contribution in [3.8, 4) is 0 Å². The first-order chi connectivity index (χ1) is 8.74. The minimum Gasteiger partial charge on any atom is -0.370 e. The van der Waals surface area contributed by atoms with Gasteiger partial charge in [0.2, 0.25) is 0 Å². The number of epoxide rings is 1. The minimum absolute atomic E-state index is 0.556. The number of unbranched alkanes of at least 4 members (excludes halogenated alkanes) is 7. The van der Waals surface area contributed by atoms with E-state index in [4.69, 9.17) is 4.74 Å². The molecule has 0 aromatic heterocycles. The molecule has 0 radical (unpaired) electrons. The maximum atomic E-state index is 5.46. The maximum absolute atomic E-state index is 5.46. The topological polar surface area (TPSA) is 12.5 Å². The minimum atomic E-state index is 0.556. The zero-order valence-corrected chi connectivity index (χ0v) is 12.9. The molecule has 3 atom stereocenters. The van der Waals surface area contributed by atoms with Gasteiger partial charge in [-0.2, -0.15) is 0 Å². The molecule has 0 aliphatic carbocycles. The molecule has 1 saturated heterocycles. The molecule has 0 saturated carbocycles. The van der Waals surface area contributed by atoms with Crippen LogP contribution in [0.15, 0.2) is 0 Å². The number of hydrogen-bond acceptors (Lipinski definition) is 1. The van der Waals surface area contributed by atoms with Gasteiger partial charge in [0.05, 0.1) is 12.2 Å². The van der Waals surface area contributed by atoms with Gasteiger partial charge in [-0.3, -0.25) is 0 Å². The zero-order chi connectivity index (χ0) is 13.2. The van der Waals surface area contributed by atoms with Crippen molar-refractivity contribution in [2.45, 2.75) is 104 Å². The van der Waals surface area contributed by atoms with Crippen molar-refractivity contribution < 1.29 is 4.74 Å². The van der Waals surface area contributed by atoms with Crippen LogP contribution in [0.3, 0.4) is 0 Å². The van der Waals surface area contributed by atoms with E-state index in [2.05, 4.69) is 20.8 Å². The average molecular weight is 254 g/mol. The lowest BCUT2D eigenvalue weighted by Gasteiger charge is -2.10. The van der Waals surface area contributed by atoms with Crippen LogP contribution in [0.5, 0.6) is 0 Å². The predicted molar refractivity (Wildman–Crippen MR) is 80.0 cm³/mol. The normalized spacial score (nSPS) is 24.2. The van der Waals surface area contributed by atoms with E-state index in [-0.39, 0.29) is 0 Å². The van der Waals surface area contributed by atoms with E-state index in [0.29, 0.717) is 12.2 Å². The molecule has 18 heavy (non-hydrogen) atoms. The van der Waals surface area contributed by atoms with Crippen LogP contribution in [0, 0.1) is 5.92 Å². The molecule has 1 aliphatic heterocycles. The molecule has 1 nitrogen and oxygen atoms in total. The van der Waals surface area contributed by atoms with Gasteiger partial charge in [0, 0.05) is 0 Å². The predicted octanol–water partition coefficient (Wildman–Crippen LogP) is 5.72. The molecule has 108 valence electrons. The molecular weight excluding hydrogens is 220 g/mol. The van der Waals surface area contributed by atoms with Crippen molar-refractivity contribution in [3.63, 3.8) is 0 Å². The fourth-order valence-electron chi connectivity index (χ4n) is 2.75. The van der Waals surface area contributed by atoms with E-state index in [0.717, 1.165) is 5.92 Å². The monoisotopic (exact) mass is 254 g/mol. The lowest BCUT2D eigenvalue weighted by Crippen LogP contribution is -1.99. The van der Waals surface area contributed by atoms with Crippen LogP contribution < -0.4 is 0 Å². The molecule has 0 spiro atoms. The van der Waals surface area contributed by atoms with E-state index in [9.17, 15) is 0 Å². The van der Waals surface area contributed by atoms with Crippen LogP contribution in [0.1, 0.15) is 91.4 Å². The quantitative estimate of drug-likeness (QED) is 0.320. The largest absolute Gasteiger partial charge is 0.370 e. The third-order valence-corrected chi connectivity index (χ3v) is 4.33. The Balaban J connectivity index is 1.76. The van der Waals surface area contributed by atoms with Crippen LogP contribution in [0.4, 0.5) is 0 Å². The molecular formula is C17H34O. The number of rotatable bonds is 12. The van der Waals surface area contributed by atoms with E-state index in [1.807, 2.05) is 0 Å². The highest BCUT2D eigenvalue weighted by Crippen LogP contribution is 2.28. The first-order valence-corrected chi connectivity index (χ1v) is 8.39. The molecule has 1 heteroatoms. The SMILES string of the molecule is CCCCCCCCCCC(C)CCC1OC1C. The summed E-state index contributed by atoms with van der Waals surface area (Å²) in [5, 5.41) is 0. The van der Waals surface area contributed by atoms with Crippen LogP contribution in [0.25, 0.3) is 0 Å². The lowest BCUT2D eigenvalue weighted by molar-refractivity contribution is 0.348. The second kappa shape index (κ2) is 9.83. The fraction of sp³-hybridized carbons (Fsp3) is 1.00. The van der Waals surface area contributed by atoms with Crippen LogP contribution in [0.2, 0.25) is 0 Å². The Hall–Kier alpha value is -0.0400. The lowest BCUT2D eigenvalue weighted by atomic mass is 9.96. The molecule has 0 amide bonds. The van der Waals surface area contributed by atoms with Gasteiger partial charge in [-0.1, -0.05) is 71.6 Å². The molecule has 1 heterocycles. The summed E-state index contributed by atoms with van der Waals surface area (Å²) in [6, 6.07) is 0. The molecule has 0 aromatic rings. The first kappa shape index (κ1) is 16.0. The Kier molecular flexibility index (Phi) is 8.75. The average Bonchev–Trinajstić information content (AvgIpc) is 3.06. The summed E-state index contributed by atoms with van der Waals surface area (Å²) in [4.78, 5) is 0. The summed E-state index contributed by atoms with van der Waals surface area (Å²) in [6.07, 6.45) is 16.8. The van der Waals surface area contributed by atoms with Crippen molar-refractivity contribution in [2.24, 2.45) is 5.92 Å². The Morgan fingerprint density at radius 1 is 0.889 bits per heavy atom. The Morgan fingerprint density at radius 2 is 1.44 bits per heavy atom. The highest BCUT2D eigenvalue weighted by Gasteiger charge is 2.33. The van der Waals surface area contributed by atoms with Crippen molar-refractivity contribution in [1.82, 2.24) is 0 Å². The highest BCUT2D eigenvalue weighted by molar-refractivity contribution is 4.80. The van der Waals surface area contributed by atoms with Gasteiger partial charge in [-0.05, 0) is 25.7 Å². The van der Waals surface area contributed by atoms with Gasteiger partial charge in [0.25, 0.3) is 0 Å². The van der Waals surface area contributed by atoms with E-state index in [1.165, 1.54) is 70.6 Å². The summed E-state index contributed by atoms with van der Waals surface area (Å²) in [7, 11) is 0. The summed E-state index contributed by atoms with van der Waals surface area (Å²) in [5.41, 5.74) is 0. The third-order valence-electron chi connectivity index (χ3n) is 4.33. The standard InChI is InChI=1S/C17H34O/c1-4-5-6-7-8-9-10-11-12-15(2)13-14-17-16(3)18-17/h15-17H,4-14H2,1-3H3. The Morgan fingerprint density at radius 3 is 2.00 bits per heavy atom. The van der Waals surface area contributed by atoms with E-state index in [1.54, 1.807) is 0 Å². The van der Waals surface area contributed by atoms with Crippen molar-refractivity contribution in [2.75, 3.05) is 0 Å². The van der Waals surface area contributed by atoms with Gasteiger partial charge in [-0.15, -0.1) is 0 Å². The number of ether oxygens (including phenoxy) is 1.